The standard InChI is InChI=1S/C56H64N8O4S/c1-4-64-47-24-18-42(32-46(47)45-23-22-44(33-48(45)64)49-31-39(2)36-69-49)34-57-28-12-7-5-6-11-15-50(65)58-35-41-16-20-43(21-17-41)54-52-53(60-61(54)3)55(67)63(38-59-52)37-56(68)26-29-62(30-27-56)51(66)25-19-40-13-9-8-10-14-40/h8-10,13-14,16-18,20-24,31-33,36,38,57,68H,4-7,11-12,15,19,25-30,34-35,37H2,1-3H3,(H,58,65). The smallest absolute Gasteiger partial charge is 0.281 e. The van der Waals surface area contributed by atoms with Crippen molar-refractivity contribution in [2.45, 2.75) is 110 Å². The molecule has 1 saturated heterocycles. The second-order valence-corrected chi connectivity index (χ2v) is 19.8. The van der Waals surface area contributed by atoms with Crippen LogP contribution < -0.4 is 16.2 Å². The van der Waals surface area contributed by atoms with Crippen molar-refractivity contribution in [1.29, 1.82) is 0 Å². The molecule has 358 valence electrons. The number of thiophene rings is 1. The molecule has 4 aromatic heterocycles. The Bertz CT molecular complexity index is 3120. The summed E-state index contributed by atoms with van der Waals surface area (Å²) in [5, 5.41) is 27.6. The maximum Gasteiger partial charge on any atom is 0.281 e. The minimum absolute atomic E-state index is 0.0541. The van der Waals surface area contributed by atoms with Gasteiger partial charge in [0.15, 0.2) is 5.52 Å². The number of unbranched alkanes of at least 4 members (excludes halogenated alkanes) is 4. The Morgan fingerprint density at radius 2 is 1.54 bits per heavy atom. The van der Waals surface area contributed by atoms with Crippen molar-refractivity contribution in [3.63, 3.8) is 0 Å². The van der Waals surface area contributed by atoms with Gasteiger partial charge in [0.1, 0.15) is 5.52 Å². The Labute approximate surface area is 408 Å². The zero-order valence-corrected chi connectivity index (χ0v) is 41.0. The third kappa shape index (κ3) is 11.1. The summed E-state index contributed by atoms with van der Waals surface area (Å²) in [5.41, 5.74) is 9.43. The molecule has 8 aromatic rings. The molecular weight excluding hydrogens is 881 g/mol. The number of carbonyl (C=O) groups is 2. The molecule has 13 heteroatoms. The fourth-order valence-electron chi connectivity index (χ4n) is 9.93. The number of fused-ring (bicyclic) bond motifs is 4. The van der Waals surface area contributed by atoms with E-state index in [1.807, 2.05) is 70.8 Å². The highest BCUT2D eigenvalue weighted by molar-refractivity contribution is 7.13. The molecule has 12 nitrogen and oxygen atoms in total. The highest BCUT2D eigenvalue weighted by Crippen LogP contribution is 2.35. The number of aromatic nitrogens is 5. The van der Waals surface area contributed by atoms with Gasteiger partial charge in [-0.05, 0) is 110 Å². The molecule has 1 aliphatic rings. The summed E-state index contributed by atoms with van der Waals surface area (Å²) in [5.74, 6) is 0.132. The molecule has 1 aliphatic heterocycles. The highest BCUT2D eigenvalue weighted by Gasteiger charge is 2.35. The molecular formula is C56H64N8O4S. The molecule has 1 fully saturated rings. The van der Waals surface area contributed by atoms with Crippen molar-refractivity contribution in [1.82, 2.24) is 39.4 Å². The number of hydrogen-bond acceptors (Lipinski definition) is 8. The van der Waals surface area contributed by atoms with Crippen molar-refractivity contribution in [2.75, 3.05) is 19.6 Å². The second kappa shape index (κ2) is 21.5. The minimum Gasteiger partial charge on any atom is -0.388 e. The topological polar surface area (TPSA) is 139 Å². The fourth-order valence-corrected chi connectivity index (χ4v) is 10.8. The van der Waals surface area contributed by atoms with Crippen LogP contribution in [0.2, 0.25) is 0 Å². The van der Waals surface area contributed by atoms with E-state index in [0.717, 1.165) is 74.1 Å². The summed E-state index contributed by atoms with van der Waals surface area (Å²) in [4.78, 5) is 47.1. The van der Waals surface area contributed by atoms with Crippen LogP contribution in [0, 0.1) is 6.92 Å². The molecule has 0 bridgehead atoms. The van der Waals surface area contributed by atoms with E-state index in [2.05, 4.69) is 87.0 Å². The largest absolute Gasteiger partial charge is 0.388 e. The molecule has 0 atom stereocenters. The average molecular weight is 945 g/mol. The lowest BCUT2D eigenvalue weighted by Gasteiger charge is -2.38. The summed E-state index contributed by atoms with van der Waals surface area (Å²) < 4.78 is 5.54. The van der Waals surface area contributed by atoms with Crippen molar-refractivity contribution < 1.29 is 14.7 Å². The van der Waals surface area contributed by atoms with Gasteiger partial charge in [0.05, 0.1) is 24.2 Å². The molecule has 69 heavy (non-hydrogen) atoms. The predicted octanol–water partition coefficient (Wildman–Crippen LogP) is 9.69. The first kappa shape index (κ1) is 47.6. The van der Waals surface area contributed by atoms with Crippen LogP contribution in [-0.4, -0.2) is 71.0 Å². The van der Waals surface area contributed by atoms with Crippen LogP contribution in [-0.2, 0) is 49.2 Å². The van der Waals surface area contributed by atoms with Gasteiger partial charge in [-0.25, -0.2) is 4.98 Å². The molecule has 0 saturated carbocycles. The zero-order chi connectivity index (χ0) is 47.9. The molecule has 4 aromatic carbocycles. The van der Waals surface area contributed by atoms with Gasteiger partial charge < -0.3 is 25.2 Å². The van der Waals surface area contributed by atoms with Gasteiger partial charge in [-0.15, -0.1) is 11.3 Å². The van der Waals surface area contributed by atoms with E-state index in [1.54, 1.807) is 11.7 Å². The molecule has 0 aliphatic carbocycles. The van der Waals surface area contributed by atoms with E-state index in [0.29, 0.717) is 57.3 Å². The number of aryl methyl sites for hydroxylation is 4. The molecule has 0 unspecified atom stereocenters. The number of nitrogens with one attached hydrogen (secondary N) is 2. The Balaban J connectivity index is 0.676. The van der Waals surface area contributed by atoms with Crippen LogP contribution in [0.25, 0.3) is 54.5 Å². The summed E-state index contributed by atoms with van der Waals surface area (Å²) in [6.45, 7) is 8.52. The zero-order valence-electron chi connectivity index (χ0n) is 40.2. The Kier molecular flexibility index (Phi) is 14.8. The van der Waals surface area contributed by atoms with Gasteiger partial charge in [0.25, 0.3) is 5.56 Å². The maximum atomic E-state index is 13.7. The minimum atomic E-state index is -1.13. The van der Waals surface area contributed by atoms with Crippen LogP contribution in [0.15, 0.2) is 114 Å². The number of benzene rings is 4. The SMILES string of the molecule is CCn1c2ccc(CNCCCCCCCC(=O)NCc3ccc(-c4c5ncn(CC6(O)CCN(C(=O)CCc7ccccc7)CC6)c(=O)c5nn4C)cc3)cc2c2ccc(-c3cc(C)cs3)cc21. The van der Waals surface area contributed by atoms with E-state index >= 15 is 0 Å². The lowest BCUT2D eigenvalue weighted by Crippen LogP contribution is -2.49. The third-order valence-corrected chi connectivity index (χ3v) is 15.0. The maximum absolute atomic E-state index is 13.7. The third-order valence-electron chi connectivity index (χ3n) is 13.9. The van der Waals surface area contributed by atoms with Crippen molar-refractivity contribution in [2.24, 2.45) is 7.05 Å². The number of carbonyl (C=O) groups excluding carboxylic acids is 2. The van der Waals surface area contributed by atoms with E-state index in [-0.39, 0.29) is 29.4 Å². The van der Waals surface area contributed by atoms with Crippen LogP contribution >= 0.6 is 11.3 Å². The first-order chi connectivity index (χ1) is 33.6. The van der Waals surface area contributed by atoms with Crippen LogP contribution in [0.5, 0.6) is 0 Å². The van der Waals surface area contributed by atoms with Gasteiger partial charge in [0, 0.05) is 84.9 Å². The molecule has 0 spiro atoms. The van der Waals surface area contributed by atoms with Gasteiger partial charge in [-0.1, -0.05) is 92.1 Å². The molecule has 5 heterocycles. The van der Waals surface area contributed by atoms with Crippen LogP contribution in [0.4, 0.5) is 0 Å². The Hall–Kier alpha value is -6.41. The summed E-state index contributed by atoms with van der Waals surface area (Å²) in [7, 11) is 1.79. The number of rotatable bonds is 20. The Morgan fingerprint density at radius 3 is 2.30 bits per heavy atom. The molecule has 9 rings (SSSR count). The summed E-state index contributed by atoms with van der Waals surface area (Å²) >= 11 is 1.81. The first-order valence-electron chi connectivity index (χ1n) is 24.7. The quantitative estimate of drug-likeness (QED) is 0.0647. The van der Waals surface area contributed by atoms with E-state index in [9.17, 15) is 19.5 Å². The van der Waals surface area contributed by atoms with Crippen LogP contribution in [0.1, 0.15) is 87.0 Å². The lowest BCUT2D eigenvalue weighted by molar-refractivity contribution is -0.135. The van der Waals surface area contributed by atoms with Gasteiger partial charge in [-0.2, -0.15) is 5.10 Å². The lowest BCUT2D eigenvalue weighted by atomic mass is 9.91. The van der Waals surface area contributed by atoms with Gasteiger partial charge >= 0.3 is 0 Å². The average Bonchev–Trinajstić information content (AvgIpc) is 4.05. The fraction of sp³-hybridized carbons (Fsp3) is 0.375. The van der Waals surface area contributed by atoms with Crippen molar-refractivity contribution in [3.8, 4) is 21.7 Å². The number of likely N-dealkylation sites (tertiary alicyclic amines) is 1. The van der Waals surface area contributed by atoms with Crippen molar-refractivity contribution in [3.05, 3.63) is 141 Å². The molecule has 2 amide bonds. The Morgan fingerprint density at radius 1 is 0.783 bits per heavy atom. The summed E-state index contributed by atoms with van der Waals surface area (Å²) in [6.07, 6.45) is 9.11. The van der Waals surface area contributed by atoms with Gasteiger partial charge in [-0.3, -0.25) is 23.6 Å². The second-order valence-electron chi connectivity index (χ2n) is 18.9. The first-order valence-corrected chi connectivity index (χ1v) is 25.6. The van der Waals surface area contributed by atoms with E-state index < -0.39 is 5.60 Å². The summed E-state index contributed by atoms with van der Waals surface area (Å²) in [6, 6.07) is 33.9. The van der Waals surface area contributed by atoms with Crippen molar-refractivity contribution >= 4 is 56.0 Å². The molecule has 0 radical (unpaired) electrons. The highest BCUT2D eigenvalue weighted by atomic mass is 32.1. The predicted molar refractivity (Wildman–Crippen MR) is 278 cm³/mol. The van der Waals surface area contributed by atoms with E-state index in [1.165, 1.54) is 54.3 Å². The number of piperidine rings is 1. The molecule has 3 N–H and O–H groups in total. The normalized spacial score (nSPS) is 13.8. The number of aliphatic hydroxyl groups is 1. The van der Waals surface area contributed by atoms with E-state index in [4.69, 9.17) is 0 Å². The number of amides is 2. The number of hydrogen-bond donors (Lipinski definition) is 3. The number of nitrogens with zero attached hydrogens (tertiary/aromatic N) is 6. The van der Waals surface area contributed by atoms with Crippen LogP contribution in [0.3, 0.4) is 0 Å². The monoisotopic (exact) mass is 944 g/mol. The van der Waals surface area contributed by atoms with Gasteiger partial charge in [0.2, 0.25) is 11.8 Å².